The van der Waals surface area contributed by atoms with Crippen LogP contribution >= 0.6 is 0 Å². The Hall–Kier alpha value is -3.48. The van der Waals surface area contributed by atoms with Crippen LogP contribution in [0.3, 0.4) is 0 Å². The molecule has 2 aromatic carbocycles. The van der Waals surface area contributed by atoms with Crippen LogP contribution in [0.25, 0.3) is 22.6 Å². The predicted molar refractivity (Wildman–Crippen MR) is 111 cm³/mol. The molecule has 5 rings (SSSR count). The maximum absolute atomic E-state index is 13.0. The third-order valence-corrected chi connectivity index (χ3v) is 5.84. The zero-order valence-corrected chi connectivity index (χ0v) is 16.9. The summed E-state index contributed by atoms with van der Waals surface area (Å²) in [4.78, 5) is 19.3. The molecule has 2 aromatic heterocycles. The van der Waals surface area contributed by atoms with E-state index in [1.165, 1.54) is 0 Å². The number of para-hydroxylation sites is 2. The molecule has 1 fully saturated rings. The van der Waals surface area contributed by atoms with E-state index in [1.807, 2.05) is 60.5 Å². The molecule has 30 heavy (non-hydrogen) atoms. The summed E-state index contributed by atoms with van der Waals surface area (Å²) in [6.07, 6.45) is 2.71. The fourth-order valence-corrected chi connectivity index (χ4v) is 4.13. The highest BCUT2D eigenvalue weighted by atomic mass is 16.4. The normalized spacial score (nSPS) is 18.7. The molecule has 0 saturated heterocycles. The summed E-state index contributed by atoms with van der Waals surface area (Å²) in [6, 6.07) is 15.2. The Morgan fingerprint density at radius 1 is 1.03 bits per heavy atom. The van der Waals surface area contributed by atoms with Crippen LogP contribution in [0.4, 0.5) is 0 Å². The number of carbonyl (C=O) groups is 1. The SMILES string of the molecule is Cc1nnc(C2CCC(N(C)C(=O)c3ccc(-c4nc5ccccc5o4)cc3)C2)o1. The van der Waals surface area contributed by atoms with Crippen molar-refractivity contribution in [2.45, 2.75) is 38.1 Å². The molecule has 7 nitrogen and oxygen atoms in total. The number of hydrogen-bond donors (Lipinski definition) is 0. The molecule has 1 aliphatic carbocycles. The van der Waals surface area contributed by atoms with Crippen molar-refractivity contribution in [1.29, 1.82) is 0 Å². The van der Waals surface area contributed by atoms with Gasteiger partial charge in [0, 0.05) is 37.1 Å². The first kappa shape index (κ1) is 18.5. The minimum Gasteiger partial charge on any atom is -0.436 e. The van der Waals surface area contributed by atoms with E-state index >= 15 is 0 Å². The molecule has 0 aliphatic heterocycles. The van der Waals surface area contributed by atoms with E-state index in [2.05, 4.69) is 15.2 Å². The molecule has 1 amide bonds. The van der Waals surface area contributed by atoms with Crippen molar-refractivity contribution in [3.8, 4) is 11.5 Å². The van der Waals surface area contributed by atoms with Gasteiger partial charge in [-0.25, -0.2) is 4.98 Å². The minimum absolute atomic E-state index is 0.00600. The summed E-state index contributed by atoms with van der Waals surface area (Å²) in [6.45, 7) is 1.79. The summed E-state index contributed by atoms with van der Waals surface area (Å²) in [5.41, 5.74) is 3.06. The van der Waals surface area contributed by atoms with E-state index in [0.29, 0.717) is 23.2 Å². The Morgan fingerprint density at radius 3 is 2.57 bits per heavy atom. The molecule has 0 radical (unpaired) electrons. The Morgan fingerprint density at radius 2 is 1.83 bits per heavy atom. The summed E-state index contributed by atoms with van der Waals surface area (Å²) in [5.74, 6) is 2.03. The van der Waals surface area contributed by atoms with Gasteiger partial charge >= 0.3 is 0 Å². The maximum Gasteiger partial charge on any atom is 0.253 e. The van der Waals surface area contributed by atoms with E-state index in [1.54, 1.807) is 6.92 Å². The average molecular weight is 402 g/mol. The largest absolute Gasteiger partial charge is 0.436 e. The molecular formula is C23H22N4O3. The van der Waals surface area contributed by atoms with E-state index < -0.39 is 0 Å². The second kappa shape index (κ2) is 7.40. The lowest BCUT2D eigenvalue weighted by molar-refractivity contribution is 0.0733. The quantitative estimate of drug-likeness (QED) is 0.496. The Bertz CT molecular complexity index is 1160. The number of fused-ring (bicyclic) bond motifs is 1. The Labute approximate surface area is 173 Å². The standard InChI is InChI=1S/C23H22N4O3/c1-14-25-26-22(29-14)17-11-12-18(13-17)27(2)23(28)16-9-7-15(8-10-16)21-24-19-5-3-4-6-20(19)30-21/h3-10,17-18H,11-13H2,1-2H3. The summed E-state index contributed by atoms with van der Waals surface area (Å²) in [7, 11) is 1.86. The lowest BCUT2D eigenvalue weighted by atomic mass is 10.1. The first-order valence-corrected chi connectivity index (χ1v) is 10.1. The number of oxazole rings is 1. The number of benzene rings is 2. The Kier molecular flexibility index (Phi) is 4.58. The number of nitrogens with zero attached hydrogens (tertiary/aromatic N) is 4. The van der Waals surface area contributed by atoms with Gasteiger partial charge in [0.05, 0.1) is 0 Å². The molecule has 4 aromatic rings. The number of aromatic nitrogens is 3. The van der Waals surface area contributed by atoms with Crippen LogP contribution in [0.15, 0.2) is 57.4 Å². The van der Waals surface area contributed by atoms with E-state index in [9.17, 15) is 4.79 Å². The van der Waals surface area contributed by atoms with Crippen molar-refractivity contribution in [2.24, 2.45) is 0 Å². The third-order valence-electron chi connectivity index (χ3n) is 5.84. The molecule has 1 aliphatic rings. The zero-order chi connectivity index (χ0) is 20.7. The van der Waals surface area contributed by atoms with Crippen LogP contribution in [0, 0.1) is 6.92 Å². The topological polar surface area (TPSA) is 85.3 Å². The number of amides is 1. The van der Waals surface area contributed by atoms with E-state index in [-0.39, 0.29) is 17.9 Å². The monoisotopic (exact) mass is 402 g/mol. The van der Waals surface area contributed by atoms with Crippen molar-refractivity contribution >= 4 is 17.0 Å². The lowest BCUT2D eigenvalue weighted by Crippen LogP contribution is -2.35. The van der Waals surface area contributed by atoms with Gasteiger partial charge in [0.1, 0.15) is 5.52 Å². The highest BCUT2D eigenvalue weighted by molar-refractivity contribution is 5.94. The van der Waals surface area contributed by atoms with Crippen LogP contribution in [0.1, 0.15) is 47.3 Å². The maximum atomic E-state index is 13.0. The zero-order valence-electron chi connectivity index (χ0n) is 16.9. The first-order valence-electron chi connectivity index (χ1n) is 10.1. The fourth-order valence-electron chi connectivity index (χ4n) is 4.13. The van der Waals surface area contributed by atoms with Gasteiger partial charge < -0.3 is 13.7 Å². The van der Waals surface area contributed by atoms with Gasteiger partial charge in [-0.3, -0.25) is 4.79 Å². The smallest absolute Gasteiger partial charge is 0.253 e. The predicted octanol–water partition coefficient (Wildman–Crippen LogP) is 4.59. The molecule has 2 heterocycles. The van der Waals surface area contributed by atoms with Gasteiger partial charge in [0.25, 0.3) is 5.91 Å². The van der Waals surface area contributed by atoms with Gasteiger partial charge in [-0.05, 0) is 55.7 Å². The van der Waals surface area contributed by atoms with Gasteiger partial charge in [-0.1, -0.05) is 12.1 Å². The molecule has 0 spiro atoms. The average Bonchev–Trinajstić information content (AvgIpc) is 3.51. The van der Waals surface area contributed by atoms with E-state index in [0.717, 1.165) is 35.9 Å². The van der Waals surface area contributed by atoms with Gasteiger partial charge in [0.2, 0.25) is 17.7 Å². The fraction of sp³-hybridized carbons (Fsp3) is 0.304. The number of rotatable bonds is 4. The summed E-state index contributed by atoms with van der Waals surface area (Å²) < 4.78 is 11.4. The highest BCUT2D eigenvalue weighted by Crippen LogP contribution is 2.36. The van der Waals surface area contributed by atoms with Gasteiger partial charge in [-0.15, -0.1) is 10.2 Å². The number of hydrogen-bond acceptors (Lipinski definition) is 6. The van der Waals surface area contributed by atoms with Crippen molar-refractivity contribution in [3.05, 3.63) is 65.9 Å². The molecule has 1 saturated carbocycles. The molecule has 2 unspecified atom stereocenters. The molecule has 7 heteroatoms. The van der Waals surface area contributed by atoms with Crippen LogP contribution in [-0.2, 0) is 0 Å². The van der Waals surface area contributed by atoms with Crippen LogP contribution in [-0.4, -0.2) is 39.1 Å². The lowest BCUT2D eigenvalue weighted by Gasteiger charge is -2.24. The molecule has 0 bridgehead atoms. The van der Waals surface area contributed by atoms with Crippen LogP contribution < -0.4 is 0 Å². The molecule has 0 N–H and O–H groups in total. The molecular weight excluding hydrogens is 380 g/mol. The summed E-state index contributed by atoms with van der Waals surface area (Å²) in [5, 5.41) is 8.06. The van der Waals surface area contributed by atoms with E-state index in [4.69, 9.17) is 8.83 Å². The summed E-state index contributed by atoms with van der Waals surface area (Å²) >= 11 is 0. The minimum atomic E-state index is 0.00600. The third kappa shape index (κ3) is 3.36. The first-order chi connectivity index (χ1) is 14.6. The Balaban J connectivity index is 1.29. The second-order valence-corrected chi connectivity index (χ2v) is 7.80. The number of carbonyl (C=O) groups excluding carboxylic acids is 1. The second-order valence-electron chi connectivity index (χ2n) is 7.80. The highest BCUT2D eigenvalue weighted by Gasteiger charge is 2.33. The van der Waals surface area contributed by atoms with Gasteiger partial charge in [-0.2, -0.15) is 0 Å². The van der Waals surface area contributed by atoms with Crippen molar-refractivity contribution < 1.29 is 13.6 Å². The van der Waals surface area contributed by atoms with Crippen LogP contribution in [0.5, 0.6) is 0 Å². The van der Waals surface area contributed by atoms with Crippen molar-refractivity contribution in [1.82, 2.24) is 20.1 Å². The van der Waals surface area contributed by atoms with Crippen molar-refractivity contribution in [3.63, 3.8) is 0 Å². The van der Waals surface area contributed by atoms with Crippen LogP contribution in [0.2, 0.25) is 0 Å². The van der Waals surface area contributed by atoms with Gasteiger partial charge in [0.15, 0.2) is 5.58 Å². The van der Waals surface area contributed by atoms with Crippen molar-refractivity contribution in [2.75, 3.05) is 7.05 Å². The molecule has 2 atom stereocenters. The number of aryl methyl sites for hydroxylation is 1. The molecule has 152 valence electrons.